The Balaban J connectivity index is 0.000000240. The number of carbonyl (C=O) groups is 2. The van der Waals surface area contributed by atoms with Gasteiger partial charge in [0.2, 0.25) is 0 Å². The molecule has 7 heteroatoms. The highest BCUT2D eigenvalue weighted by Crippen LogP contribution is 2.20. The Morgan fingerprint density at radius 3 is 1.83 bits per heavy atom. The van der Waals surface area contributed by atoms with Gasteiger partial charge in [0.05, 0.1) is 6.10 Å². The zero-order valence-electron chi connectivity index (χ0n) is 15.2. The van der Waals surface area contributed by atoms with Crippen LogP contribution in [0.2, 0.25) is 0 Å². The summed E-state index contributed by atoms with van der Waals surface area (Å²) in [5, 5.41) is 27.0. The van der Waals surface area contributed by atoms with Gasteiger partial charge < -0.3 is 15.3 Å². The van der Waals surface area contributed by atoms with E-state index in [4.69, 9.17) is 10.2 Å². The standard InChI is InChI=1S/C9H17NO2.C8H15NO3/c1-7(2)10-6-4-3-5-8(10)9(11)12;1-5(2)9-4-6(10)3-7(9)8(11)12/h7-8H,3-6H2,1-2H3,(H,11,12);5-7,10H,3-4H2,1-2H3,(H,11,12)/t;6?,7-/m.0/s1. The summed E-state index contributed by atoms with van der Waals surface area (Å²) in [7, 11) is 0. The number of piperidine rings is 1. The number of β-amino-alcohol motifs (C(OH)–C–C–N with tert-alkyl or cyclic N) is 1. The third kappa shape index (κ3) is 5.72. The Morgan fingerprint density at radius 2 is 1.46 bits per heavy atom. The first-order chi connectivity index (χ1) is 11.1. The Kier molecular flexibility index (Phi) is 8.12. The van der Waals surface area contributed by atoms with Gasteiger partial charge in [0.1, 0.15) is 12.1 Å². The maximum Gasteiger partial charge on any atom is 0.321 e. The molecule has 2 aliphatic heterocycles. The maximum atomic E-state index is 10.8. The molecule has 2 heterocycles. The fourth-order valence-corrected chi connectivity index (χ4v) is 3.49. The lowest BCUT2D eigenvalue weighted by molar-refractivity contribution is -0.145. The van der Waals surface area contributed by atoms with E-state index in [1.165, 1.54) is 0 Å². The van der Waals surface area contributed by atoms with Gasteiger partial charge in [-0.15, -0.1) is 0 Å². The molecule has 0 bridgehead atoms. The zero-order chi connectivity index (χ0) is 18.4. The van der Waals surface area contributed by atoms with E-state index < -0.39 is 24.1 Å². The van der Waals surface area contributed by atoms with Crippen molar-refractivity contribution in [3.63, 3.8) is 0 Å². The maximum absolute atomic E-state index is 10.8. The predicted molar refractivity (Wildman–Crippen MR) is 91.0 cm³/mol. The van der Waals surface area contributed by atoms with Crippen LogP contribution >= 0.6 is 0 Å². The molecule has 2 unspecified atom stereocenters. The lowest BCUT2D eigenvalue weighted by Crippen LogP contribution is -2.48. The number of carboxylic acid groups (broad SMARTS) is 2. The highest BCUT2D eigenvalue weighted by atomic mass is 16.4. The molecule has 3 N–H and O–H groups in total. The fourth-order valence-electron chi connectivity index (χ4n) is 3.49. The Labute approximate surface area is 144 Å². The second kappa shape index (κ2) is 9.34. The van der Waals surface area contributed by atoms with E-state index in [0.29, 0.717) is 19.0 Å². The van der Waals surface area contributed by atoms with Crippen LogP contribution in [-0.2, 0) is 9.59 Å². The number of aliphatic hydroxyl groups is 1. The minimum Gasteiger partial charge on any atom is -0.480 e. The van der Waals surface area contributed by atoms with E-state index in [1.807, 2.05) is 18.7 Å². The van der Waals surface area contributed by atoms with Crippen LogP contribution < -0.4 is 0 Å². The van der Waals surface area contributed by atoms with Crippen LogP contribution in [0.25, 0.3) is 0 Å². The molecule has 3 atom stereocenters. The topological polar surface area (TPSA) is 101 Å². The lowest BCUT2D eigenvalue weighted by Gasteiger charge is -2.35. The van der Waals surface area contributed by atoms with Crippen LogP contribution in [0, 0.1) is 0 Å². The number of likely N-dealkylation sites (tertiary alicyclic amines) is 2. The molecule has 140 valence electrons. The fraction of sp³-hybridized carbons (Fsp3) is 0.882. The van der Waals surface area contributed by atoms with Gasteiger partial charge in [0, 0.05) is 25.0 Å². The van der Waals surface area contributed by atoms with Crippen LogP contribution in [0.5, 0.6) is 0 Å². The molecular weight excluding hydrogens is 312 g/mol. The van der Waals surface area contributed by atoms with Gasteiger partial charge in [-0.05, 0) is 47.1 Å². The van der Waals surface area contributed by atoms with Crippen molar-refractivity contribution in [3.05, 3.63) is 0 Å². The van der Waals surface area contributed by atoms with Crippen LogP contribution in [0.4, 0.5) is 0 Å². The molecule has 0 radical (unpaired) electrons. The number of carboxylic acids is 2. The summed E-state index contributed by atoms with van der Waals surface area (Å²) in [5.74, 6) is -1.50. The van der Waals surface area contributed by atoms with E-state index in [2.05, 4.69) is 18.7 Å². The first-order valence-corrected chi connectivity index (χ1v) is 8.80. The first kappa shape index (κ1) is 20.9. The van der Waals surface area contributed by atoms with E-state index in [9.17, 15) is 14.7 Å². The van der Waals surface area contributed by atoms with Crippen molar-refractivity contribution in [2.24, 2.45) is 0 Å². The second-order valence-corrected chi connectivity index (χ2v) is 7.22. The third-order valence-electron chi connectivity index (χ3n) is 4.76. The van der Waals surface area contributed by atoms with Crippen molar-refractivity contribution in [3.8, 4) is 0 Å². The Hall–Kier alpha value is -1.18. The van der Waals surface area contributed by atoms with Gasteiger partial charge >= 0.3 is 11.9 Å². The van der Waals surface area contributed by atoms with Gasteiger partial charge in [0.25, 0.3) is 0 Å². The van der Waals surface area contributed by atoms with Gasteiger partial charge in [-0.2, -0.15) is 0 Å². The predicted octanol–water partition coefficient (Wildman–Crippen LogP) is 1.25. The van der Waals surface area contributed by atoms with Crippen LogP contribution in [-0.4, -0.2) is 80.4 Å². The van der Waals surface area contributed by atoms with Crippen LogP contribution in [0.1, 0.15) is 53.4 Å². The smallest absolute Gasteiger partial charge is 0.321 e. The number of hydrogen-bond donors (Lipinski definition) is 3. The summed E-state index contributed by atoms with van der Waals surface area (Å²) in [6, 6.07) is -0.201. The summed E-state index contributed by atoms with van der Waals surface area (Å²) >= 11 is 0. The van der Waals surface area contributed by atoms with Gasteiger partial charge in [-0.1, -0.05) is 6.42 Å². The molecule has 0 aromatic heterocycles. The molecule has 0 saturated carbocycles. The van der Waals surface area contributed by atoms with Crippen molar-refractivity contribution in [2.45, 2.75) is 83.6 Å². The Morgan fingerprint density at radius 1 is 0.917 bits per heavy atom. The molecule has 0 spiro atoms. The summed E-state index contributed by atoms with van der Waals surface area (Å²) in [6.07, 6.45) is 2.89. The van der Waals surface area contributed by atoms with E-state index >= 15 is 0 Å². The van der Waals surface area contributed by atoms with Crippen LogP contribution in [0.15, 0.2) is 0 Å². The minimum absolute atomic E-state index is 0.184. The molecular formula is C17H32N2O5. The summed E-state index contributed by atoms with van der Waals surface area (Å²) in [6.45, 7) is 9.41. The van der Waals surface area contributed by atoms with Crippen molar-refractivity contribution in [1.82, 2.24) is 9.80 Å². The highest BCUT2D eigenvalue weighted by Gasteiger charge is 2.37. The number of aliphatic hydroxyl groups excluding tert-OH is 1. The normalized spacial score (nSPS) is 28.7. The molecule has 2 fully saturated rings. The van der Waals surface area contributed by atoms with E-state index in [-0.39, 0.29) is 12.1 Å². The van der Waals surface area contributed by atoms with Crippen molar-refractivity contribution < 1.29 is 24.9 Å². The third-order valence-corrected chi connectivity index (χ3v) is 4.76. The minimum atomic E-state index is -0.833. The number of aliphatic carboxylic acids is 2. The molecule has 0 aromatic rings. The SMILES string of the molecule is CC(C)N1CC(O)C[C@H]1C(=O)O.CC(C)N1CCCCC1C(=O)O. The largest absolute Gasteiger partial charge is 0.480 e. The molecule has 2 aliphatic rings. The molecule has 0 aromatic carbocycles. The zero-order valence-corrected chi connectivity index (χ0v) is 15.2. The van der Waals surface area contributed by atoms with E-state index in [0.717, 1.165) is 25.8 Å². The molecule has 2 rings (SSSR count). The summed E-state index contributed by atoms with van der Waals surface area (Å²) in [4.78, 5) is 25.4. The van der Waals surface area contributed by atoms with E-state index in [1.54, 1.807) is 0 Å². The second-order valence-electron chi connectivity index (χ2n) is 7.22. The molecule has 0 aliphatic carbocycles. The number of hydrogen-bond acceptors (Lipinski definition) is 5. The first-order valence-electron chi connectivity index (χ1n) is 8.80. The van der Waals surface area contributed by atoms with Crippen LogP contribution in [0.3, 0.4) is 0 Å². The summed E-state index contributed by atoms with van der Waals surface area (Å²) in [5.41, 5.74) is 0. The van der Waals surface area contributed by atoms with Crippen molar-refractivity contribution in [1.29, 1.82) is 0 Å². The molecule has 0 amide bonds. The van der Waals surface area contributed by atoms with Gasteiger partial charge in [-0.25, -0.2) is 0 Å². The summed E-state index contributed by atoms with van der Waals surface area (Å²) < 4.78 is 0. The molecule has 2 saturated heterocycles. The van der Waals surface area contributed by atoms with Gasteiger partial charge in [0.15, 0.2) is 0 Å². The van der Waals surface area contributed by atoms with Crippen molar-refractivity contribution >= 4 is 11.9 Å². The molecule has 24 heavy (non-hydrogen) atoms. The monoisotopic (exact) mass is 344 g/mol. The average molecular weight is 344 g/mol. The number of rotatable bonds is 4. The highest BCUT2D eigenvalue weighted by molar-refractivity contribution is 5.74. The molecule has 7 nitrogen and oxygen atoms in total. The Bertz CT molecular complexity index is 405. The average Bonchev–Trinajstić information content (AvgIpc) is 2.90. The van der Waals surface area contributed by atoms with Gasteiger partial charge in [-0.3, -0.25) is 19.4 Å². The van der Waals surface area contributed by atoms with Crippen molar-refractivity contribution in [2.75, 3.05) is 13.1 Å². The lowest BCUT2D eigenvalue weighted by atomic mass is 10.0. The number of nitrogens with zero attached hydrogens (tertiary/aromatic N) is 2. The quantitative estimate of drug-likeness (QED) is 0.705.